The normalized spacial score (nSPS) is 17.0. The van der Waals surface area contributed by atoms with Gasteiger partial charge in [0.1, 0.15) is 18.0 Å². The van der Waals surface area contributed by atoms with Crippen LogP contribution in [0.4, 0.5) is 17.3 Å². The average molecular weight is 375 g/mol. The maximum Gasteiger partial charge on any atom is 0.230 e. The summed E-state index contributed by atoms with van der Waals surface area (Å²) < 4.78 is 9.11. The lowest BCUT2D eigenvalue weighted by molar-refractivity contribution is 0.664. The van der Waals surface area contributed by atoms with Crippen LogP contribution in [0.2, 0.25) is 0 Å². The number of hydrogen-bond acceptors (Lipinski definition) is 9. The van der Waals surface area contributed by atoms with Crippen molar-refractivity contribution in [2.75, 3.05) is 23.8 Å². The first kappa shape index (κ1) is 18.2. The van der Waals surface area contributed by atoms with Gasteiger partial charge in [-0.2, -0.15) is 0 Å². The molecular weight excluding hydrogens is 354 g/mol. The monoisotopic (exact) mass is 375 g/mol. The van der Waals surface area contributed by atoms with Gasteiger partial charge >= 0.3 is 0 Å². The van der Waals surface area contributed by atoms with Crippen molar-refractivity contribution in [3.8, 4) is 0 Å². The fraction of sp³-hybridized carbons (Fsp3) is 0.267. The number of aromatic nitrogens is 2. The van der Waals surface area contributed by atoms with Crippen molar-refractivity contribution in [3.05, 3.63) is 36.7 Å². The summed E-state index contributed by atoms with van der Waals surface area (Å²) in [7, 11) is 0. The van der Waals surface area contributed by atoms with Gasteiger partial charge in [-0.25, -0.2) is 20.8 Å². The first-order valence-corrected chi connectivity index (χ1v) is 8.82. The summed E-state index contributed by atoms with van der Waals surface area (Å²) >= 11 is 0.657. The van der Waals surface area contributed by atoms with E-state index < -0.39 is 0 Å². The Hall–Kier alpha value is -2.60. The topological polar surface area (TPSA) is 145 Å². The lowest BCUT2D eigenvalue weighted by atomic mass is 10.2. The summed E-state index contributed by atoms with van der Waals surface area (Å²) in [6.45, 7) is 1.93. The van der Waals surface area contributed by atoms with E-state index in [-0.39, 0.29) is 0 Å². The fourth-order valence-electron chi connectivity index (χ4n) is 2.45. The van der Waals surface area contributed by atoms with Crippen molar-refractivity contribution in [1.29, 1.82) is 0 Å². The second kappa shape index (κ2) is 9.20. The summed E-state index contributed by atoms with van der Waals surface area (Å²) in [5.41, 5.74) is 8.88. The Balaban J connectivity index is 1.61. The third kappa shape index (κ3) is 5.20. The van der Waals surface area contributed by atoms with E-state index in [2.05, 4.69) is 41.9 Å². The largest absolute Gasteiger partial charge is 0.366 e. The molecule has 3 rings (SSSR count). The molecule has 138 valence electrons. The Morgan fingerprint density at radius 2 is 2.19 bits per heavy atom. The summed E-state index contributed by atoms with van der Waals surface area (Å²) in [6, 6.07) is 9.25. The average Bonchev–Trinajstić information content (AvgIpc) is 3.18. The minimum absolute atomic E-state index is 0.290. The molecule has 1 saturated heterocycles. The zero-order valence-electron chi connectivity index (χ0n) is 13.9. The fourth-order valence-corrected chi connectivity index (χ4v) is 2.76. The van der Waals surface area contributed by atoms with E-state index in [1.807, 2.05) is 0 Å². The highest BCUT2D eigenvalue weighted by atomic mass is 32.2. The van der Waals surface area contributed by atoms with Crippen LogP contribution in [0.3, 0.4) is 0 Å². The molecule has 2 heterocycles. The lowest BCUT2D eigenvalue weighted by Gasteiger charge is -2.14. The predicted octanol–water partition coefficient (Wildman–Crippen LogP) is 0.883. The van der Waals surface area contributed by atoms with Gasteiger partial charge in [-0.1, -0.05) is 6.07 Å². The van der Waals surface area contributed by atoms with E-state index in [1.54, 1.807) is 30.3 Å². The van der Waals surface area contributed by atoms with E-state index in [1.165, 1.54) is 6.33 Å². The minimum Gasteiger partial charge on any atom is -0.366 e. The smallest absolute Gasteiger partial charge is 0.230 e. The molecule has 1 aliphatic heterocycles. The summed E-state index contributed by atoms with van der Waals surface area (Å²) in [5.74, 6) is 7.10. The molecule has 1 fully saturated rings. The molecule has 1 unspecified atom stereocenters. The zero-order valence-corrected chi connectivity index (χ0v) is 14.8. The molecule has 8 N–H and O–H groups in total. The minimum atomic E-state index is 0.290. The summed E-state index contributed by atoms with van der Waals surface area (Å²) in [4.78, 5) is 13.4. The molecule has 0 amide bonds. The highest BCUT2D eigenvalue weighted by molar-refractivity contribution is 7.93. The molecular formula is C15H21N9OS. The van der Waals surface area contributed by atoms with Crippen molar-refractivity contribution in [3.63, 3.8) is 0 Å². The molecule has 1 aliphatic rings. The van der Waals surface area contributed by atoms with E-state index in [9.17, 15) is 0 Å². The molecule has 1 aromatic heterocycles. The number of rotatable bonds is 6. The van der Waals surface area contributed by atoms with E-state index >= 15 is 0 Å². The Morgan fingerprint density at radius 3 is 2.96 bits per heavy atom. The number of nitrogens with one attached hydrogen (secondary N) is 5. The molecule has 0 aliphatic carbocycles. The predicted molar refractivity (Wildman–Crippen MR) is 103 cm³/mol. The van der Waals surface area contributed by atoms with Crippen LogP contribution < -0.4 is 32.8 Å². The van der Waals surface area contributed by atoms with Crippen LogP contribution in [0.1, 0.15) is 6.42 Å². The van der Waals surface area contributed by atoms with Crippen LogP contribution in [-0.4, -0.2) is 39.6 Å². The van der Waals surface area contributed by atoms with Gasteiger partial charge in [-0.15, -0.1) is 0 Å². The lowest BCUT2D eigenvalue weighted by Crippen LogP contribution is -2.44. The highest BCUT2D eigenvalue weighted by Gasteiger charge is 2.14. The van der Waals surface area contributed by atoms with Crippen LogP contribution in [0.15, 0.2) is 46.5 Å². The molecule has 0 saturated carbocycles. The van der Waals surface area contributed by atoms with Gasteiger partial charge in [0.25, 0.3) is 0 Å². The third-order valence-corrected chi connectivity index (χ3v) is 4.15. The molecule has 1 aromatic carbocycles. The molecule has 10 nitrogen and oxygen atoms in total. The maximum absolute atomic E-state index is 9.11. The first-order chi connectivity index (χ1) is 12.8. The molecule has 0 bridgehead atoms. The van der Waals surface area contributed by atoms with Gasteiger partial charge in [-0.3, -0.25) is 16.3 Å². The number of nitrogens with zero attached hydrogens (tertiary/aromatic N) is 3. The van der Waals surface area contributed by atoms with Crippen molar-refractivity contribution in [1.82, 2.24) is 26.1 Å². The maximum atomic E-state index is 9.11. The van der Waals surface area contributed by atoms with E-state index in [0.717, 1.165) is 25.3 Å². The summed E-state index contributed by atoms with van der Waals surface area (Å²) in [5, 5.41) is 6.65. The number of hydrogen-bond donors (Lipinski definition) is 7. The molecule has 1 atom stereocenters. The van der Waals surface area contributed by atoms with Gasteiger partial charge in [0.15, 0.2) is 0 Å². The second-order valence-electron chi connectivity index (χ2n) is 5.57. The van der Waals surface area contributed by atoms with Gasteiger partial charge in [0.05, 0.1) is 5.69 Å². The van der Waals surface area contributed by atoms with Crippen molar-refractivity contribution >= 4 is 35.3 Å². The Bertz CT molecular complexity index is 751. The number of nitrogens with two attached hydrogens (primary N) is 1. The SMILES string of the molecule is NNC(=Nc1cccc(SO)c1)NNc1cc(NC2CCNC2)ncn1. The molecule has 0 radical (unpaired) electrons. The number of anilines is 2. The van der Waals surface area contributed by atoms with Gasteiger partial charge < -0.3 is 15.2 Å². The first-order valence-electron chi connectivity index (χ1n) is 8.05. The van der Waals surface area contributed by atoms with E-state index in [4.69, 9.17) is 10.4 Å². The highest BCUT2D eigenvalue weighted by Crippen LogP contribution is 2.20. The standard InChI is InChI=1S/C15H21N9OS/c16-22-15(21-10-2-1-3-12(6-10)26-25)24-23-14-7-13(18-9-19-14)20-11-4-5-17-8-11/h1-3,6-7,9,11,17,25H,4-5,8,16H2,(H2,21,22,24)(H2,18,19,20,23). The van der Waals surface area contributed by atoms with Crippen LogP contribution in [0.5, 0.6) is 0 Å². The van der Waals surface area contributed by atoms with Crippen molar-refractivity contribution < 1.29 is 4.55 Å². The Kier molecular flexibility index (Phi) is 6.44. The number of hydrazine groups is 2. The van der Waals surface area contributed by atoms with Crippen molar-refractivity contribution in [2.24, 2.45) is 10.8 Å². The quantitative estimate of drug-likeness (QED) is 0.128. The molecule has 0 spiro atoms. The number of guanidine groups is 1. The molecule has 11 heteroatoms. The van der Waals surface area contributed by atoms with E-state index in [0.29, 0.717) is 40.4 Å². The van der Waals surface area contributed by atoms with Crippen molar-refractivity contribution in [2.45, 2.75) is 17.4 Å². The third-order valence-electron chi connectivity index (χ3n) is 3.69. The van der Waals surface area contributed by atoms with Crippen LogP contribution in [0, 0.1) is 0 Å². The van der Waals surface area contributed by atoms with Crippen LogP contribution in [0.25, 0.3) is 0 Å². The van der Waals surface area contributed by atoms with Crippen LogP contribution >= 0.6 is 12.0 Å². The molecule has 26 heavy (non-hydrogen) atoms. The summed E-state index contributed by atoms with van der Waals surface area (Å²) in [6.07, 6.45) is 2.54. The molecule has 2 aromatic rings. The zero-order chi connectivity index (χ0) is 18.2. The second-order valence-corrected chi connectivity index (χ2v) is 6.22. The van der Waals surface area contributed by atoms with Crippen LogP contribution in [-0.2, 0) is 0 Å². The van der Waals surface area contributed by atoms with Gasteiger partial charge in [0.2, 0.25) is 5.96 Å². The van der Waals surface area contributed by atoms with Gasteiger partial charge in [0, 0.05) is 35.6 Å². The number of aliphatic imine (C=N–C) groups is 1. The Labute approximate surface area is 155 Å². The number of benzene rings is 1. The van der Waals surface area contributed by atoms with Gasteiger partial charge in [-0.05, 0) is 31.2 Å². The Morgan fingerprint density at radius 1 is 1.31 bits per heavy atom.